The van der Waals surface area contributed by atoms with E-state index in [2.05, 4.69) is 5.32 Å². The lowest BCUT2D eigenvalue weighted by atomic mass is 10.1. The first-order valence-electron chi connectivity index (χ1n) is 8.55. The minimum absolute atomic E-state index is 0.0352. The summed E-state index contributed by atoms with van der Waals surface area (Å²) in [6.07, 6.45) is 7.51. The Labute approximate surface area is 142 Å². The normalized spacial score (nSPS) is 19.7. The summed E-state index contributed by atoms with van der Waals surface area (Å²) in [7, 11) is 0. The standard InChI is InChI=1S/C18H24N2O2S/c21-17(19-14-7-3-1-2-4-8-14)13-20-15-9-5-6-10-16(15)23-12-11-18(20)22/h5-6,9-10,14H,1-4,7-8,11-13H2,(H,19,21). The van der Waals surface area contributed by atoms with Gasteiger partial charge in [-0.15, -0.1) is 11.8 Å². The van der Waals surface area contributed by atoms with E-state index in [-0.39, 0.29) is 24.4 Å². The number of para-hydroxylation sites is 1. The second kappa shape index (κ2) is 7.86. The highest BCUT2D eigenvalue weighted by atomic mass is 32.2. The molecule has 1 fully saturated rings. The molecule has 2 amide bonds. The third-order valence-corrected chi connectivity index (χ3v) is 5.62. The van der Waals surface area contributed by atoms with Crippen molar-refractivity contribution in [3.63, 3.8) is 0 Å². The highest BCUT2D eigenvalue weighted by Gasteiger charge is 2.25. The smallest absolute Gasteiger partial charge is 0.240 e. The molecule has 1 aliphatic carbocycles. The third kappa shape index (κ3) is 4.28. The molecule has 23 heavy (non-hydrogen) atoms. The molecule has 1 aliphatic heterocycles. The zero-order valence-corrected chi connectivity index (χ0v) is 14.2. The molecule has 1 heterocycles. The van der Waals surface area contributed by atoms with E-state index in [1.807, 2.05) is 24.3 Å². The highest BCUT2D eigenvalue weighted by molar-refractivity contribution is 7.99. The Morgan fingerprint density at radius 3 is 2.70 bits per heavy atom. The van der Waals surface area contributed by atoms with Crippen LogP contribution < -0.4 is 10.2 Å². The van der Waals surface area contributed by atoms with Crippen molar-refractivity contribution in [1.82, 2.24) is 5.32 Å². The molecule has 0 aromatic heterocycles. The minimum atomic E-state index is -0.0352. The van der Waals surface area contributed by atoms with Gasteiger partial charge < -0.3 is 10.2 Å². The molecule has 1 aromatic carbocycles. The van der Waals surface area contributed by atoms with E-state index in [9.17, 15) is 9.59 Å². The molecule has 0 bridgehead atoms. The summed E-state index contributed by atoms with van der Waals surface area (Å²) in [4.78, 5) is 27.6. The number of nitrogens with one attached hydrogen (secondary N) is 1. The number of carbonyl (C=O) groups is 2. The molecule has 0 saturated heterocycles. The Hall–Kier alpha value is -1.49. The first-order chi connectivity index (χ1) is 11.2. The number of carbonyl (C=O) groups excluding carboxylic acids is 2. The second-order valence-electron chi connectivity index (χ2n) is 6.30. The first-order valence-corrected chi connectivity index (χ1v) is 9.54. The Morgan fingerprint density at radius 2 is 1.91 bits per heavy atom. The van der Waals surface area contributed by atoms with E-state index in [1.54, 1.807) is 16.7 Å². The molecule has 124 valence electrons. The summed E-state index contributed by atoms with van der Waals surface area (Å²) in [6.45, 7) is 0.132. The van der Waals surface area contributed by atoms with Crippen LogP contribution in [-0.4, -0.2) is 30.2 Å². The summed E-state index contributed by atoms with van der Waals surface area (Å²) in [5, 5.41) is 3.14. The van der Waals surface area contributed by atoms with E-state index in [0.717, 1.165) is 29.2 Å². The lowest BCUT2D eigenvalue weighted by Gasteiger charge is -2.24. The number of anilines is 1. The lowest BCUT2D eigenvalue weighted by Crippen LogP contribution is -2.44. The van der Waals surface area contributed by atoms with Gasteiger partial charge in [0.05, 0.1) is 5.69 Å². The first kappa shape index (κ1) is 16.4. The molecule has 0 radical (unpaired) electrons. The predicted molar refractivity (Wildman–Crippen MR) is 93.8 cm³/mol. The van der Waals surface area contributed by atoms with Gasteiger partial charge in [-0.3, -0.25) is 9.59 Å². The largest absolute Gasteiger partial charge is 0.352 e. The predicted octanol–water partition coefficient (Wildman–Crippen LogP) is 3.35. The van der Waals surface area contributed by atoms with Crippen LogP contribution in [0.2, 0.25) is 0 Å². The molecule has 1 saturated carbocycles. The molecule has 1 N–H and O–H groups in total. The van der Waals surface area contributed by atoms with Gasteiger partial charge in [0.2, 0.25) is 11.8 Å². The topological polar surface area (TPSA) is 49.4 Å². The fourth-order valence-electron chi connectivity index (χ4n) is 3.33. The van der Waals surface area contributed by atoms with Gasteiger partial charge in [-0.1, -0.05) is 37.8 Å². The van der Waals surface area contributed by atoms with Crippen LogP contribution in [0.5, 0.6) is 0 Å². The lowest BCUT2D eigenvalue weighted by molar-refractivity contribution is -0.124. The van der Waals surface area contributed by atoms with Crippen molar-refractivity contribution in [3.05, 3.63) is 24.3 Å². The fourth-order valence-corrected chi connectivity index (χ4v) is 4.33. The van der Waals surface area contributed by atoms with Crippen molar-refractivity contribution in [2.75, 3.05) is 17.2 Å². The number of hydrogen-bond donors (Lipinski definition) is 1. The van der Waals surface area contributed by atoms with Crippen LogP contribution in [0.15, 0.2) is 29.2 Å². The Bertz CT molecular complexity index is 568. The van der Waals surface area contributed by atoms with Gasteiger partial charge in [-0.2, -0.15) is 0 Å². The van der Waals surface area contributed by atoms with Crippen molar-refractivity contribution in [3.8, 4) is 0 Å². The molecule has 0 spiro atoms. The number of hydrogen-bond acceptors (Lipinski definition) is 3. The van der Waals surface area contributed by atoms with Crippen LogP contribution in [0, 0.1) is 0 Å². The van der Waals surface area contributed by atoms with Crippen LogP contribution in [0.1, 0.15) is 44.9 Å². The number of amides is 2. The van der Waals surface area contributed by atoms with E-state index in [0.29, 0.717) is 6.42 Å². The molecule has 4 nitrogen and oxygen atoms in total. The molecular formula is C18H24N2O2S. The summed E-state index contributed by atoms with van der Waals surface area (Å²) >= 11 is 1.69. The number of benzene rings is 1. The SMILES string of the molecule is O=C(CN1C(=O)CCSc2ccccc21)NC1CCCCCC1. The zero-order chi connectivity index (χ0) is 16.1. The van der Waals surface area contributed by atoms with Crippen molar-refractivity contribution < 1.29 is 9.59 Å². The van der Waals surface area contributed by atoms with Crippen LogP contribution in [0.25, 0.3) is 0 Å². The summed E-state index contributed by atoms with van der Waals surface area (Å²) in [5.41, 5.74) is 0.871. The summed E-state index contributed by atoms with van der Waals surface area (Å²) in [5.74, 6) is 0.779. The van der Waals surface area contributed by atoms with Crippen LogP contribution >= 0.6 is 11.8 Å². The van der Waals surface area contributed by atoms with Crippen LogP contribution in [0.4, 0.5) is 5.69 Å². The quantitative estimate of drug-likeness (QED) is 0.864. The molecule has 0 unspecified atom stereocenters. The van der Waals surface area contributed by atoms with Crippen molar-refractivity contribution >= 4 is 29.3 Å². The van der Waals surface area contributed by atoms with Crippen LogP contribution in [0.3, 0.4) is 0 Å². The monoisotopic (exact) mass is 332 g/mol. The average molecular weight is 332 g/mol. The van der Waals surface area contributed by atoms with Crippen LogP contribution in [-0.2, 0) is 9.59 Å². The maximum absolute atomic E-state index is 12.4. The number of thioether (sulfide) groups is 1. The average Bonchev–Trinajstić information content (AvgIpc) is 2.88. The molecule has 3 rings (SSSR count). The number of nitrogens with zero attached hydrogens (tertiary/aromatic N) is 1. The van der Waals surface area contributed by atoms with Gasteiger partial charge in [0, 0.05) is 23.1 Å². The maximum Gasteiger partial charge on any atom is 0.240 e. The molecule has 1 aromatic rings. The second-order valence-corrected chi connectivity index (χ2v) is 7.44. The van der Waals surface area contributed by atoms with E-state index < -0.39 is 0 Å². The fraction of sp³-hybridized carbons (Fsp3) is 0.556. The van der Waals surface area contributed by atoms with Crippen molar-refractivity contribution in [2.24, 2.45) is 0 Å². The van der Waals surface area contributed by atoms with Gasteiger partial charge in [-0.05, 0) is 25.0 Å². The van der Waals surface area contributed by atoms with Crippen molar-refractivity contribution in [1.29, 1.82) is 0 Å². The maximum atomic E-state index is 12.4. The van der Waals surface area contributed by atoms with Gasteiger partial charge in [0.1, 0.15) is 6.54 Å². The van der Waals surface area contributed by atoms with Crippen molar-refractivity contribution in [2.45, 2.75) is 55.9 Å². The number of rotatable bonds is 3. The summed E-state index contributed by atoms with van der Waals surface area (Å²) in [6, 6.07) is 8.13. The summed E-state index contributed by atoms with van der Waals surface area (Å²) < 4.78 is 0. The van der Waals surface area contributed by atoms with Gasteiger partial charge in [-0.25, -0.2) is 0 Å². The zero-order valence-electron chi connectivity index (χ0n) is 13.4. The van der Waals surface area contributed by atoms with Gasteiger partial charge in [0.15, 0.2) is 0 Å². The molecular weight excluding hydrogens is 308 g/mol. The molecule has 5 heteroatoms. The van der Waals surface area contributed by atoms with Gasteiger partial charge in [0.25, 0.3) is 0 Å². The Morgan fingerprint density at radius 1 is 1.17 bits per heavy atom. The third-order valence-electron chi connectivity index (χ3n) is 4.55. The number of fused-ring (bicyclic) bond motifs is 1. The highest BCUT2D eigenvalue weighted by Crippen LogP contribution is 2.33. The van der Waals surface area contributed by atoms with E-state index >= 15 is 0 Å². The Balaban J connectivity index is 1.67. The Kier molecular flexibility index (Phi) is 5.60. The van der Waals surface area contributed by atoms with Gasteiger partial charge >= 0.3 is 0 Å². The molecule has 0 atom stereocenters. The van der Waals surface area contributed by atoms with E-state index in [4.69, 9.17) is 0 Å². The minimum Gasteiger partial charge on any atom is -0.352 e. The molecule has 2 aliphatic rings. The van der Waals surface area contributed by atoms with E-state index in [1.165, 1.54) is 25.7 Å².